The Balaban J connectivity index is 3.09. The van der Waals surface area contributed by atoms with E-state index in [4.69, 9.17) is 5.11 Å². The van der Waals surface area contributed by atoms with Crippen molar-refractivity contribution in [3.63, 3.8) is 0 Å². The number of nitrogens with zero attached hydrogens (tertiary/aromatic N) is 1. The Labute approximate surface area is 122 Å². The van der Waals surface area contributed by atoms with Crippen molar-refractivity contribution in [2.45, 2.75) is 11.8 Å². The van der Waals surface area contributed by atoms with Gasteiger partial charge in [-0.3, -0.25) is 4.79 Å². The molecule has 0 aliphatic carbocycles. The summed E-state index contributed by atoms with van der Waals surface area (Å²) in [6.45, 7) is 1.65. The molecule has 0 unspecified atom stereocenters. The van der Waals surface area contributed by atoms with Gasteiger partial charge in [-0.15, -0.1) is 0 Å². The largest absolute Gasteiger partial charge is 0.478 e. The number of benzene rings is 1. The van der Waals surface area contributed by atoms with Crippen molar-refractivity contribution >= 4 is 27.6 Å². The minimum Gasteiger partial charge on any atom is -0.478 e. The number of hydrogen-bond donors (Lipinski definition) is 2. The van der Waals surface area contributed by atoms with Crippen LogP contribution in [-0.2, 0) is 19.6 Å². The summed E-state index contributed by atoms with van der Waals surface area (Å²) in [7, 11) is -0.797. The quantitative estimate of drug-likeness (QED) is 0.784. The monoisotopic (exact) mass is 312 g/mol. The van der Waals surface area contributed by atoms with Gasteiger partial charge in [0.05, 0.1) is 4.90 Å². The fourth-order valence-electron chi connectivity index (χ4n) is 1.48. The van der Waals surface area contributed by atoms with Crippen LogP contribution in [0.1, 0.15) is 5.56 Å². The number of anilines is 1. The molecule has 1 amide bonds. The van der Waals surface area contributed by atoms with Crippen molar-refractivity contribution in [2.24, 2.45) is 0 Å². The zero-order valence-electron chi connectivity index (χ0n) is 11.8. The SMILES string of the molecule is Cc1ccc(NC(=O)/C=C/C(=O)O)cc1S(=O)(=O)N(C)C. The van der Waals surface area contributed by atoms with Crippen molar-refractivity contribution in [3.8, 4) is 0 Å². The highest BCUT2D eigenvalue weighted by Gasteiger charge is 2.20. The first kappa shape index (κ1) is 16.9. The zero-order chi connectivity index (χ0) is 16.2. The Bertz CT molecular complexity index is 693. The van der Waals surface area contributed by atoms with Crippen molar-refractivity contribution in [1.29, 1.82) is 0 Å². The Hall–Kier alpha value is -2.19. The van der Waals surface area contributed by atoms with Crippen LogP contribution in [0.15, 0.2) is 35.2 Å². The highest BCUT2D eigenvalue weighted by molar-refractivity contribution is 7.89. The Morgan fingerprint density at radius 2 is 1.86 bits per heavy atom. The molecule has 2 N–H and O–H groups in total. The van der Waals surface area contributed by atoms with Gasteiger partial charge < -0.3 is 10.4 Å². The third kappa shape index (κ3) is 4.40. The second-order valence-electron chi connectivity index (χ2n) is 4.43. The van der Waals surface area contributed by atoms with Crippen LogP contribution in [-0.4, -0.2) is 43.8 Å². The standard InChI is InChI=1S/C13H16N2O5S/c1-9-4-5-10(14-12(16)6-7-13(17)18)8-11(9)21(19,20)15(2)3/h4-8H,1-3H3,(H,14,16)(H,17,18)/b7-6+. The molecule has 0 bridgehead atoms. The van der Waals surface area contributed by atoms with E-state index in [0.717, 1.165) is 10.4 Å². The van der Waals surface area contributed by atoms with Crippen molar-refractivity contribution < 1.29 is 23.1 Å². The number of amides is 1. The molecule has 0 radical (unpaired) electrons. The van der Waals surface area contributed by atoms with E-state index in [0.29, 0.717) is 11.6 Å². The Morgan fingerprint density at radius 1 is 1.24 bits per heavy atom. The molecular formula is C13H16N2O5S. The summed E-state index contributed by atoms with van der Waals surface area (Å²) in [5, 5.41) is 10.8. The minimum absolute atomic E-state index is 0.0764. The number of nitrogens with one attached hydrogen (secondary N) is 1. The number of sulfonamides is 1. The van der Waals surface area contributed by atoms with Crippen LogP contribution >= 0.6 is 0 Å². The number of hydrogen-bond acceptors (Lipinski definition) is 4. The number of carbonyl (C=O) groups is 2. The average Bonchev–Trinajstić information content (AvgIpc) is 2.38. The number of aryl methyl sites for hydroxylation is 1. The lowest BCUT2D eigenvalue weighted by molar-refractivity contribution is -0.131. The van der Waals surface area contributed by atoms with Crippen LogP contribution < -0.4 is 5.32 Å². The van der Waals surface area contributed by atoms with Gasteiger partial charge in [0.15, 0.2) is 0 Å². The van der Waals surface area contributed by atoms with E-state index >= 15 is 0 Å². The summed E-state index contributed by atoms with van der Waals surface area (Å²) in [6.07, 6.45) is 1.54. The lowest BCUT2D eigenvalue weighted by Crippen LogP contribution is -2.23. The van der Waals surface area contributed by atoms with Gasteiger partial charge in [-0.1, -0.05) is 6.07 Å². The summed E-state index contributed by atoms with van der Waals surface area (Å²) in [4.78, 5) is 21.9. The van der Waals surface area contributed by atoms with E-state index < -0.39 is 21.9 Å². The molecule has 8 heteroatoms. The molecule has 1 rings (SSSR count). The molecule has 0 aromatic heterocycles. The summed E-state index contributed by atoms with van der Waals surface area (Å²) in [5.41, 5.74) is 0.809. The number of aliphatic carboxylic acids is 1. The van der Waals surface area contributed by atoms with Crippen molar-refractivity contribution in [3.05, 3.63) is 35.9 Å². The normalized spacial score (nSPS) is 11.8. The lowest BCUT2D eigenvalue weighted by Gasteiger charge is -2.14. The van der Waals surface area contributed by atoms with Gasteiger partial charge >= 0.3 is 5.97 Å². The van der Waals surface area contributed by atoms with E-state index in [9.17, 15) is 18.0 Å². The predicted octanol–water partition coefficient (Wildman–Crippen LogP) is 0.825. The first-order valence-corrected chi connectivity index (χ1v) is 7.34. The lowest BCUT2D eigenvalue weighted by atomic mass is 10.2. The van der Waals surface area contributed by atoms with Crippen molar-refractivity contribution in [2.75, 3.05) is 19.4 Å². The average molecular weight is 312 g/mol. The molecule has 0 aliphatic rings. The second kappa shape index (κ2) is 6.51. The maximum absolute atomic E-state index is 12.1. The molecule has 1 aromatic carbocycles. The Morgan fingerprint density at radius 3 is 2.38 bits per heavy atom. The molecule has 114 valence electrons. The minimum atomic E-state index is -3.62. The molecule has 0 heterocycles. The number of carbonyl (C=O) groups excluding carboxylic acids is 1. The van der Waals surface area contributed by atoms with Crippen LogP contribution in [0.4, 0.5) is 5.69 Å². The maximum atomic E-state index is 12.1. The third-order valence-corrected chi connectivity index (χ3v) is 4.55. The van der Waals surface area contributed by atoms with Gasteiger partial charge in [0.1, 0.15) is 0 Å². The zero-order valence-corrected chi connectivity index (χ0v) is 12.6. The van der Waals surface area contributed by atoms with Crippen LogP contribution in [0.25, 0.3) is 0 Å². The topological polar surface area (TPSA) is 104 Å². The van der Waals surface area contributed by atoms with Gasteiger partial charge in [-0.05, 0) is 24.6 Å². The van der Waals surface area contributed by atoms with E-state index in [1.165, 1.54) is 26.2 Å². The third-order valence-electron chi connectivity index (χ3n) is 2.59. The summed E-state index contributed by atoms with van der Waals surface area (Å²) >= 11 is 0. The molecule has 0 fully saturated rings. The van der Waals surface area contributed by atoms with Crippen LogP contribution in [0.3, 0.4) is 0 Å². The molecule has 7 nitrogen and oxygen atoms in total. The van der Waals surface area contributed by atoms with Gasteiger partial charge in [0.25, 0.3) is 0 Å². The summed E-state index contributed by atoms with van der Waals surface area (Å²) < 4.78 is 25.3. The fourth-order valence-corrected chi connectivity index (χ4v) is 2.63. The molecule has 21 heavy (non-hydrogen) atoms. The smallest absolute Gasteiger partial charge is 0.328 e. The molecule has 0 aliphatic heterocycles. The highest BCUT2D eigenvalue weighted by Crippen LogP contribution is 2.22. The van der Waals surface area contributed by atoms with E-state index in [1.54, 1.807) is 13.0 Å². The fraction of sp³-hybridized carbons (Fsp3) is 0.231. The van der Waals surface area contributed by atoms with Gasteiger partial charge in [-0.2, -0.15) is 0 Å². The highest BCUT2D eigenvalue weighted by atomic mass is 32.2. The van der Waals surface area contributed by atoms with Crippen LogP contribution in [0.5, 0.6) is 0 Å². The van der Waals surface area contributed by atoms with Gasteiger partial charge in [0, 0.05) is 31.9 Å². The van der Waals surface area contributed by atoms with Gasteiger partial charge in [-0.25, -0.2) is 17.5 Å². The van der Waals surface area contributed by atoms with E-state index in [-0.39, 0.29) is 10.6 Å². The number of carboxylic acid groups (broad SMARTS) is 1. The first-order chi connectivity index (χ1) is 9.64. The molecule has 0 spiro atoms. The predicted molar refractivity (Wildman–Crippen MR) is 77.5 cm³/mol. The van der Waals surface area contributed by atoms with E-state index in [1.807, 2.05) is 0 Å². The van der Waals surface area contributed by atoms with E-state index in [2.05, 4.69) is 5.32 Å². The van der Waals surface area contributed by atoms with Crippen molar-refractivity contribution in [1.82, 2.24) is 4.31 Å². The first-order valence-electron chi connectivity index (χ1n) is 5.90. The maximum Gasteiger partial charge on any atom is 0.328 e. The summed E-state index contributed by atoms with van der Waals surface area (Å²) in [5.74, 6) is -1.90. The molecule has 0 saturated carbocycles. The summed E-state index contributed by atoms with van der Waals surface area (Å²) in [6, 6.07) is 4.43. The van der Waals surface area contributed by atoms with Crippen LogP contribution in [0.2, 0.25) is 0 Å². The molecular weight excluding hydrogens is 296 g/mol. The molecule has 1 aromatic rings. The molecule has 0 atom stereocenters. The van der Waals surface area contributed by atoms with Gasteiger partial charge in [0.2, 0.25) is 15.9 Å². The number of rotatable bonds is 5. The second-order valence-corrected chi connectivity index (χ2v) is 6.55. The number of carboxylic acids is 1. The Kier molecular flexibility index (Phi) is 5.23. The molecule has 0 saturated heterocycles. The van der Waals surface area contributed by atoms with Crippen LogP contribution in [0, 0.1) is 6.92 Å².